The van der Waals surface area contributed by atoms with Crippen LogP contribution in [0, 0.1) is 0 Å². The molecule has 1 atom stereocenters. The predicted molar refractivity (Wildman–Crippen MR) is 147 cm³/mol. The predicted octanol–water partition coefficient (Wildman–Crippen LogP) is 4.47. The smallest absolute Gasteiger partial charge is 0.264 e. The summed E-state index contributed by atoms with van der Waals surface area (Å²) in [7, 11) is -1.35. The van der Waals surface area contributed by atoms with Crippen LogP contribution in [-0.2, 0) is 26.2 Å². The van der Waals surface area contributed by atoms with E-state index in [9.17, 15) is 18.0 Å². The van der Waals surface area contributed by atoms with Gasteiger partial charge in [-0.1, -0.05) is 57.9 Å². The number of nitrogens with one attached hydrogen (secondary N) is 1. The number of likely N-dealkylation sites (N-methyl/N-ethyl adjacent to an activating group) is 1. The molecule has 1 N–H and O–H groups in total. The van der Waals surface area contributed by atoms with Gasteiger partial charge in [-0.25, -0.2) is 8.42 Å². The molecule has 0 spiro atoms. The normalized spacial score (nSPS) is 11.9. The average molecular weight is 609 g/mol. The summed E-state index contributed by atoms with van der Waals surface area (Å²) in [6.45, 7) is 1.08. The molecule has 3 aromatic carbocycles. The highest BCUT2D eigenvalue weighted by molar-refractivity contribution is 9.10. The van der Waals surface area contributed by atoms with Crippen molar-refractivity contribution in [1.82, 2.24) is 10.2 Å². The van der Waals surface area contributed by atoms with Gasteiger partial charge in [0, 0.05) is 23.1 Å². The second kappa shape index (κ2) is 12.4. The molecule has 0 aromatic heterocycles. The van der Waals surface area contributed by atoms with E-state index in [-0.39, 0.29) is 33.8 Å². The van der Waals surface area contributed by atoms with Gasteiger partial charge in [0.15, 0.2) is 0 Å². The zero-order valence-electron chi connectivity index (χ0n) is 20.5. The zero-order chi connectivity index (χ0) is 27.2. The number of methoxy groups -OCH3 is 1. The van der Waals surface area contributed by atoms with Crippen LogP contribution in [0.1, 0.15) is 12.5 Å². The Morgan fingerprint density at radius 2 is 1.76 bits per heavy atom. The fraction of sp³-hybridized carbons (Fsp3) is 0.231. The minimum atomic E-state index is -4.22. The number of nitrogens with zero attached hydrogens (tertiary/aromatic N) is 2. The van der Waals surface area contributed by atoms with Crippen molar-refractivity contribution in [2.24, 2.45) is 0 Å². The van der Waals surface area contributed by atoms with Crippen LogP contribution in [0.5, 0.6) is 5.75 Å². The molecule has 0 saturated heterocycles. The SMILES string of the molecule is CNC(=O)[C@H](C)N(Cc1cccc(Br)c1)C(=O)CN(c1cc(Cl)ccc1OC)S(=O)(=O)c1ccccc1. The molecular formula is C26H27BrClN3O5S. The van der Waals surface area contributed by atoms with E-state index >= 15 is 0 Å². The summed E-state index contributed by atoms with van der Waals surface area (Å²) in [4.78, 5) is 27.7. The van der Waals surface area contributed by atoms with Crippen LogP contribution in [0.4, 0.5) is 5.69 Å². The van der Waals surface area contributed by atoms with Gasteiger partial charge in [0.25, 0.3) is 10.0 Å². The number of hydrogen-bond donors (Lipinski definition) is 1. The number of carbonyl (C=O) groups is 2. The lowest BCUT2D eigenvalue weighted by atomic mass is 10.1. The highest BCUT2D eigenvalue weighted by Gasteiger charge is 2.33. The van der Waals surface area contributed by atoms with Crippen LogP contribution in [0.25, 0.3) is 0 Å². The van der Waals surface area contributed by atoms with E-state index < -0.39 is 28.5 Å². The van der Waals surface area contributed by atoms with Gasteiger partial charge in [-0.05, 0) is 55.0 Å². The van der Waals surface area contributed by atoms with Crippen LogP contribution in [0.15, 0.2) is 82.2 Å². The Hall–Kier alpha value is -3.08. The molecule has 0 fully saturated rings. The minimum Gasteiger partial charge on any atom is -0.495 e. The second-order valence-electron chi connectivity index (χ2n) is 8.08. The Morgan fingerprint density at radius 3 is 2.38 bits per heavy atom. The number of halogens is 2. The highest BCUT2D eigenvalue weighted by atomic mass is 79.9. The maximum atomic E-state index is 13.8. The van der Waals surface area contributed by atoms with Gasteiger partial charge in [-0.15, -0.1) is 0 Å². The van der Waals surface area contributed by atoms with E-state index in [1.165, 1.54) is 43.3 Å². The van der Waals surface area contributed by atoms with Crippen molar-refractivity contribution in [1.29, 1.82) is 0 Å². The van der Waals surface area contributed by atoms with E-state index in [0.717, 1.165) is 14.3 Å². The molecule has 3 aromatic rings. The van der Waals surface area contributed by atoms with Gasteiger partial charge in [-0.2, -0.15) is 0 Å². The molecule has 8 nitrogen and oxygen atoms in total. The topological polar surface area (TPSA) is 96.0 Å². The van der Waals surface area contributed by atoms with Crippen LogP contribution in [0.2, 0.25) is 5.02 Å². The Labute approximate surface area is 230 Å². The van der Waals surface area contributed by atoms with Gasteiger partial charge in [0.05, 0.1) is 17.7 Å². The molecule has 0 heterocycles. The monoisotopic (exact) mass is 607 g/mol. The van der Waals surface area contributed by atoms with Crippen LogP contribution >= 0.6 is 27.5 Å². The molecule has 37 heavy (non-hydrogen) atoms. The fourth-order valence-corrected chi connectivity index (χ4v) is 5.77. The lowest BCUT2D eigenvalue weighted by Gasteiger charge is -2.32. The molecule has 0 bridgehead atoms. The number of sulfonamides is 1. The van der Waals surface area contributed by atoms with Crippen molar-refractivity contribution in [3.05, 3.63) is 87.9 Å². The van der Waals surface area contributed by atoms with Gasteiger partial charge in [-0.3, -0.25) is 13.9 Å². The highest BCUT2D eigenvalue weighted by Crippen LogP contribution is 2.35. The average Bonchev–Trinajstić information content (AvgIpc) is 2.89. The lowest BCUT2D eigenvalue weighted by molar-refractivity contribution is -0.139. The summed E-state index contributed by atoms with van der Waals surface area (Å²) < 4.78 is 34.8. The number of carbonyl (C=O) groups excluding carboxylic acids is 2. The lowest BCUT2D eigenvalue weighted by Crippen LogP contribution is -2.50. The molecule has 0 aliphatic carbocycles. The summed E-state index contributed by atoms with van der Waals surface area (Å²) in [6.07, 6.45) is 0. The Morgan fingerprint density at radius 1 is 1.05 bits per heavy atom. The number of anilines is 1. The van der Waals surface area contributed by atoms with Crippen molar-refractivity contribution in [3.8, 4) is 5.75 Å². The van der Waals surface area contributed by atoms with E-state index in [2.05, 4.69) is 21.2 Å². The van der Waals surface area contributed by atoms with Crippen LogP contribution in [0.3, 0.4) is 0 Å². The first kappa shape index (κ1) is 28.5. The molecule has 0 unspecified atom stereocenters. The Kier molecular flexibility index (Phi) is 9.58. The summed E-state index contributed by atoms with van der Waals surface area (Å²) in [5.41, 5.74) is 0.860. The number of rotatable bonds is 10. The summed E-state index contributed by atoms with van der Waals surface area (Å²) in [5.74, 6) is -0.756. The summed E-state index contributed by atoms with van der Waals surface area (Å²) in [5, 5.41) is 2.82. The fourth-order valence-electron chi connectivity index (χ4n) is 3.71. The minimum absolute atomic E-state index is 0.0114. The number of ether oxygens (including phenoxy) is 1. The first-order valence-corrected chi connectivity index (χ1v) is 13.9. The molecule has 0 saturated carbocycles. The largest absolute Gasteiger partial charge is 0.495 e. The third-order valence-corrected chi connectivity index (χ3v) is 8.18. The molecular weight excluding hydrogens is 582 g/mol. The molecule has 2 amide bonds. The van der Waals surface area contributed by atoms with E-state index in [4.69, 9.17) is 16.3 Å². The van der Waals surface area contributed by atoms with Crippen molar-refractivity contribution < 1.29 is 22.7 Å². The van der Waals surface area contributed by atoms with Crippen LogP contribution in [-0.4, -0.2) is 51.9 Å². The first-order chi connectivity index (χ1) is 17.6. The van der Waals surface area contributed by atoms with Gasteiger partial charge in [0.1, 0.15) is 18.3 Å². The van der Waals surface area contributed by atoms with E-state index in [1.807, 2.05) is 24.3 Å². The molecule has 11 heteroatoms. The summed E-state index contributed by atoms with van der Waals surface area (Å²) >= 11 is 9.63. The number of benzene rings is 3. The van der Waals surface area contributed by atoms with E-state index in [1.54, 1.807) is 31.2 Å². The molecule has 196 valence electrons. The number of hydrogen-bond acceptors (Lipinski definition) is 5. The van der Waals surface area contributed by atoms with Crippen molar-refractivity contribution in [3.63, 3.8) is 0 Å². The summed E-state index contributed by atoms with van der Waals surface area (Å²) in [6, 6.07) is 18.7. The molecule has 0 radical (unpaired) electrons. The first-order valence-electron chi connectivity index (χ1n) is 11.2. The van der Waals surface area contributed by atoms with Gasteiger partial charge >= 0.3 is 0 Å². The second-order valence-corrected chi connectivity index (χ2v) is 11.3. The maximum Gasteiger partial charge on any atom is 0.264 e. The standard InChI is InChI=1S/C26H27BrClN3O5S/c1-18(26(33)29-2)30(16-19-8-7-9-20(27)14-19)25(32)17-31(23-15-21(28)12-13-24(23)36-3)37(34,35)22-10-5-4-6-11-22/h4-15,18H,16-17H2,1-3H3,(H,29,33)/t18-/m0/s1. The van der Waals surface area contributed by atoms with Crippen molar-refractivity contribution in [2.75, 3.05) is 25.0 Å². The van der Waals surface area contributed by atoms with E-state index in [0.29, 0.717) is 0 Å². The zero-order valence-corrected chi connectivity index (χ0v) is 23.7. The maximum absolute atomic E-state index is 13.8. The Bertz CT molecular complexity index is 1370. The molecule has 0 aliphatic heterocycles. The van der Waals surface area contributed by atoms with Gasteiger partial charge < -0.3 is 15.0 Å². The molecule has 3 rings (SSSR count). The van der Waals surface area contributed by atoms with Crippen molar-refractivity contribution in [2.45, 2.75) is 24.4 Å². The Balaban J connectivity index is 2.10. The number of amides is 2. The quantitative estimate of drug-likeness (QED) is 0.367. The molecule has 0 aliphatic rings. The third-order valence-electron chi connectivity index (χ3n) is 5.68. The third kappa shape index (κ3) is 6.82. The van der Waals surface area contributed by atoms with Crippen molar-refractivity contribution >= 4 is 55.1 Å². The van der Waals surface area contributed by atoms with Gasteiger partial charge in [0.2, 0.25) is 11.8 Å². The van der Waals surface area contributed by atoms with Crippen LogP contribution < -0.4 is 14.4 Å².